The van der Waals surface area contributed by atoms with Gasteiger partial charge < -0.3 is 10.2 Å². The van der Waals surface area contributed by atoms with Crippen LogP contribution in [0.5, 0.6) is 0 Å². The summed E-state index contributed by atoms with van der Waals surface area (Å²) in [5, 5.41) is 21.2. The summed E-state index contributed by atoms with van der Waals surface area (Å²) in [5.74, 6) is 1.10. The van der Waals surface area contributed by atoms with Crippen LogP contribution in [0.3, 0.4) is 0 Å². The van der Waals surface area contributed by atoms with Gasteiger partial charge in [-0.3, -0.25) is 9.59 Å². The normalized spacial score (nSPS) is 55.2. The number of rotatable bonds is 1. The van der Waals surface area contributed by atoms with Crippen molar-refractivity contribution < 1.29 is 19.8 Å². The molecule has 0 heterocycles. The molecule has 0 aromatic rings. The molecule has 0 amide bonds. The van der Waals surface area contributed by atoms with Crippen LogP contribution in [0.15, 0.2) is 0 Å². The molecular weight excluding hydrogens is 316 g/mol. The van der Waals surface area contributed by atoms with Gasteiger partial charge in [0.25, 0.3) is 0 Å². The molecule has 8 atom stereocenters. The van der Waals surface area contributed by atoms with Gasteiger partial charge in [0.15, 0.2) is 5.78 Å². The van der Waals surface area contributed by atoms with E-state index in [1.54, 1.807) is 0 Å². The summed E-state index contributed by atoms with van der Waals surface area (Å²) in [7, 11) is 0. The van der Waals surface area contributed by atoms with Crippen molar-refractivity contribution >= 4 is 11.6 Å². The summed E-state index contributed by atoms with van der Waals surface area (Å²) in [5.41, 5.74) is -1.95. The van der Waals surface area contributed by atoms with Crippen molar-refractivity contribution in [3.8, 4) is 0 Å². The van der Waals surface area contributed by atoms with E-state index in [-0.39, 0.29) is 40.8 Å². The first-order valence-electron chi connectivity index (χ1n) is 10.1. The van der Waals surface area contributed by atoms with Crippen molar-refractivity contribution in [3.63, 3.8) is 0 Å². The number of aliphatic hydroxyl groups is 2. The molecular formula is C21H32O4. The maximum Gasteiger partial charge on any atom is 0.161 e. The highest BCUT2D eigenvalue weighted by molar-refractivity contribution is 5.90. The maximum atomic E-state index is 13.3. The highest BCUT2D eigenvalue weighted by atomic mass is 16.3. The Morgan fingerprint density at radius 1 is 1.12 bits per heavy atom. The average molecular weight is 348 g/mol. The quantitative estimate of drug-likeness (QED) is 0.764. The molecule has 25 heavy (non-hydrogen) atoms. The topological polar surface area (TPSA) is 74.6 Å². The van der Waals surface area contributed by atoms with Crippen LogP contribution in [0.1, 0.15) is 72.1 Å². The minimum absolute atomic E-state index is 0.0164. The Kier molecular flexibility index (Phi) is 3.81. The molecule has 0 saturated heterocycles. The fraction of sp³-hybridized carbons (Fsp3) is 0.905. The van der Waals surface area contributed by atoms with E-state index < -0.39 is 11.0 Å². The molecule has 4 heteroatoms. The lowest BCUT2D eigenvalue weighted by Gasteiger charge is -2.60. The van der Waals surface area contributed by atoms with Gasteiger partial charge in [0.2, 0.25) is 0 Å². The first-order valence-corrected chi connectivity index (χ1v) is 10.1. The van der Waals surface area contributed by atoms with E-state index in [2.05, 4.69) is 6.92 Å². The molecule has 2 N–H and O–H groups in total. The summed E-state index contributed by atoms with van der Waals surface area (Å²) in [6.07, 6.45) is 6.07. The number of hydrogen-bond acceptors (Lipinski definition) is 4. The summed E-state index contributed by atoms with van der Waals surface area (Å²) >= 11 is 0. The zero-order chi connectivity index (χ0) is 18.2. The van der Waals surface area contributed by atoms with Crippen LogP contribution in [0, 0.1) is 34.5 Å². The number of aliphatic hydroxyl groups excluding tert-OH is 1. The third kappa shape index (κ3) is 2.13. The van der Waals surface area contributed by atoms with Crippen LogP contribution in [-0.2, 0) is 9.59 Å². The zero-order valence-electron chi connectivity index (χ0n) is 15.8. The molecule has 0 radical (unpaired) electrons. The average Bonchev–Trinajstić information content (AvgIpc) is 2.80. The van der Waals surface area contributed by atoms with E-state index >= 15 is 0 Å². The van der Waals surface area contributed by atoms with Gasteiger partial charge in [-0.2, -0.15) is 0 Å². The largest absolute Gasteiger partial charge is 0.393 e. The Hall–Kier alpha value is -0.740. The summed E-state index contributed by atoms with van der Waals surface area (Å²) < 4.78 is 0. The highest BCUT2D eigenvalue weighted by Gasteiger charge is 2.68. The molecule has 4 rings (SSSR count). The molecule has 4 nitrogen and oxygen atoms in total. The molecule has 0 aromatic heterocycles. The van der Waals surface area contributed by atoms with E-state index in [1.807, 2.05) is 6.92 Å². The Morgan fingerprint density at radius 3 is 2.52 bits per heavy atom. The summed E-state index contributed by atoms with van der Waals surface area (Å²) in [6.45, 7) is 5.73. The predicted octanol–water partition coefficient (Wildman–Crippen LogP) is 2.89. The van der Waals surface area contributed by atoms with Gasteiger partial charge in [-0.15, -0.1) is 0 Å². The fourth-order valence-electron chi connectivity index (χ4n) is 7.63. The van der Waals surface area contributed by atoms with Crippen molar-refractivity contribution in [1.82, 2.24) is 0 Å². The van der Waals surface area contributed by atoms with Crippen molar-refractivity contribution in [3.05, 3.63) is 0 Å². The van der Waals surface area contributed by atoms with Crippen LogP contribution >= 0.6 is 0 Å². The third-order valence-electron chi connectivity index (χ3n) is 9.06. The van der Waals surface area contributed by atoms with E-state index in [1.165, 1.54) is 6.92 Å². The number of fused-ring (bicyclic) bond motifs is 5. The first-order chi connectivity index (χ1) is 11.6. The van der Waals surface area contributed by atoms with Gasteiger partial charge in [0.05, 0.1) is 6.10 Å². The fourth-order valence-corrected chi connectivity index (χ4v) is 7.63. The number of carbonyl (C=O) groups excluding carboxylic acids is 2. The maximum absolute atomic E-state index is 13.3. The lowest BCUT2D eigenvalue weighted by Crippen LogP contribution is -2.61. The second-order valence-electron chi connectivity index (χ2n) is 9.97. The van der Waals surface area contributed by atoms with Gasteiger partial charge in [0.1, 0.15) is 11.4 Å². The minimum atomic E-state index is -1.33. The minimum Gasteiger partial charge on any atom is -0.393 e. The number of carbonyl (C=O) groups is 2. The van der Waals surface area contributed by atoms with Gasteiger partial charge >= 0.3 is 0 Å². The van der Waals surface area contributed by atoms with E-state index in [0.29, 0.717) is 18.8 Å². The van der Waals surface area contributed by atoms with E-state index in [0.717, 1.165) is 38.5 Å². The van der Waals surface area contributed by atoms with Crippen molar-refractivity contribution in [2.75, 3.05) is 0 Å². The van der Waals surface area contributed by atoms with Gasteiger partial charge in [-0.1, -0.05) is 13.8 Å². The molecule has 140 valence electrons. The van der Waals surface area contributed by atoms with Crippen molar-refractivity contribution in [2.24, 2.45) is 34.5 Å². The summed E-state index contributed by atoms with van der Waals surface area (Å²) in [6, 6.07) is 0. The Morgan fingerprint density at radius 2 is 1.84 bits per heavy atom. The Balaban J connectivity index is 1.71. The van der Waals surface area contributed by atoms with Crippen molar-refractivity contribution in [2.45, 2.75) is 83.8 Å². The Labute approximate surface area is 150 Å². The second-order valence-corrected chi connectivity index (χ2v) is 9.97. The van der Waals surface area contributed by atoms with Crippen LogP contribution in [0.25, 0.3) is 0 Å². The first kappa shape index (κ1) is 17.7. The lowest BCUT2D eigenvalue weighted by molar-refractivity contribution is -0.178. The van der Waals surface area contributed by atoms with Crippen LogP contribution < -0.4 is 0 Å². The Bertz CT molecular complexity index is 615. The van der Waals surface area contributed by atoms with Gasteiger partial charge in [0, 0.05) is 17.8 Å². The summed E-state index contributed by atoms with van der Waals surface area (Å²) in [4.78, 5) is 25.6. The standard InChI is InChI=1S/C21H32O4/c1-12(22)21(25)9-7-16-15-5-4-13-10-14(23)6-8-19(13,2)18(15)17(24)11-20(16,21)3/h13-16,18,23,25H,4-11H2,1-3H3/t13-,14-,15+,16+,18-,19-,20-,21+/m0/s1. The monoisotopic (exact) mass is 348 g/mol. The molecule has 0 aromatic carbocycles. The van der Waals surface area contributed by atoms with Crippen LogP contribution in [0.4, 0.5) is 0 Å². The lowest BCUT2D eigenvalue weighted by atomic mass is 9.44. The molecule has 4 aliphatic rings. The highest BCUT2D eigenvalue weighted by Crippen LogP contribution is 2.67. The molecule has 4 saturated carbocycles. The smallest absolute Gasteiger partial charge is 0.161 e. The van der Waals surface area contributed by atoms with Gasteiger partial charge in [-0.05, 0) is 75.0 Å². The van der Waals surface area contributed by atoms with Crippen LogP contribution in [0.2, 0.25) is 0 Å². The molecule has 4 fully saturated rings. The molecule has 4 aliphatic carbocycles. The van der Waals surface area contributed by atoms with Crippen LogP contribution in [-0.4, -0.2) is 33.5 Å². The molecule has 0 aliphatic heterocycles. The van der Waals surface area contributed by atoms with E-state index in [4.69, 9.17) is 0 Å². The number of hydrogen-bond donors (Lipinski definition) is 2. The zero-order valence-corrected chi connectivity index (χ0v) is 15.8. The number of Topliss-reactive ketones (excluding diaryl/α,β-unsaturated/α-hetero) is 2. The molecule has 0 spiro atoms. The SMILES string of the molecule is CC(=O)[C@]1(O)CC[C@@H]2[C@H]3CC[C@H]4C[C@@H](O)CC[C@]4(C)[C@@H]3C(=O)C[C@@]21C. The molecule has 0 bridgehead atoms. The van der Waals surface area contributed by atoms with Gasteiger partial charge in [-0.25, -0.2) is 0 Å². The third-order valence-corrected chi connectivity index (χ3v) is 9.06. The second kappa shape index (κ2) is 5.39. The van der Waals surface area contributed by atoms with Crippen molar-refractivity contribution in [1.29, 1.82) is 0 Å². The molecule has 0 unspecified atom stereocenters. The predicted molar refractivity (Wildman–Crippen MR) is 93.8 cm³/mol. The number of ketones is 2. The van der Waals surface area contributed by atoms with E-state index in [9.17, 15) is 19.8 Å².